The molecule has 0 fully saturated rings. The molecule has 0 saturated carbocycles. The van der Waals surface area contributed by atoms with Gasteiger partial charge in [0.1, 0.15) is 0 Å². The van der Waals surface area contributed by atoms with E-state index in [1.165, 1.54) is 82.0 Å². The molecule has 0 bridgehead atoms. The van der Waals surface area contributed by atoms with Gasteiger partial charge in [0.25, 0.3) is 0 Å². The van der Waals surface area contributed by atoms with Crippen molar-refractivity contribution in [1.82, 2.24) is 0 Å². The first-order valence-electron chi connectivity index (χ1n) is 8.79. The molecule has 0 atom stereocenters. The molecule has 0 aliphatic rings. The average molecular weight is 360 g/mol. The Kier molecular flexibility index (Phi) is 16.1. The fraction of sp³-hybridized carbons (Fsp3) is 1.00. The first-order valence-corrected chi connectivity index (χ1v) is 11.0. The summed E-state index contributed by atoms with van der Waals surface area (Å²) in [6.07, 6.45) is 11.1. The number of hydrogen-bond acceptors (Lipinski definition) is 2. The Labute approximate surface area is 139 Å². The van der Waals surface area contributed by atoms with Crippen LogP contribution in [0.1, 0.15) is 79.1 Å². The minimum atomic E-state index is -5.25. The molecule has 0 aromatic heterocycles. The van der Waals surface area contributed by atoms with Gasteiger partial charge in [-0.3, -0.25) is 0 Å². The van der Waals surface area contributed by atoms with Gasteiger partial charge in [-0.15, -0.1) is 0 Å². The summed E-state index contributed by atoms with van der Waals surface area (Å²) in [7, 11) is 0. The van der Waals surface area contributed by atoms with Crippen LogP contribution in [0.5, 0.6) is 0 Å². The van der Waals surface area contributed by atoms with Crippen molar-refractivity contribution in [3.05, 3.63) is 0 Å². The van der Waals surface area contributed by atoms with Crippen LogP contribution in [0.25, 0.3) is 0 Å². The zero-order valence-electron chi connectivity index (χ0n) is 15.1. The van der Waals surface area contributed by atoms with Gasteiger partial charge in [-0.1, -0.05) is 53.4 Å². The van der Waals surface area contributed by atoms with Crippen LogP contribution in [0, 0.1) is 0 Å². The monoisotopic (exact) mass is 360 g/mol. The van der Waals surface area contributed by atoms with Crippen LogP contribution in [0.3, 0.4) is 0 Å². The molecule has 0 aliphatic heterocycles. The summed E-state index contributed by atoms with van der Waals surface area (Å²) in [5.41, 5.74) is 0. The summed E-state index contributed by atoms with van der Waals surface area (Å²) < 4.78 is 33.3. The minimum absolute atomic E-state index is 1.35. The summed E-state index contributed by atoms with van der Waals surface area (Å²) >= 11 is -5.25. The van der Waals surface area contributed by atoms with Crippen molar-refractivity contribution in [2.24, 2.45) is 0 Å². The second-order valence-electron chi connectivity index (χ2n) is 6.10. The Morgan fingerprint density at radius 3 is 0.955 bits per heavy atom. The standard InChI is InChI=1S/C16H36N.Cr.2H2O.2O/c1-5-9-13-17(14-10-6-2,15-11-7-3)16-12-8-4;;;;;/h5-16H2,1-4H3;;2*1H2;;/q+1;+2;;;;/p-2. The van der Waals surface area contributed by atoms with Gasteiger partial charge in [0.05, 0.1) is 26.2 Å². The Morgan fingerprint density at radius 2 is 0.818 bits per heavy atom. The van der Waals surface area contributed by atoms with Crippen molar-refractivity contribution in [3.8, 4) is 0 Å². The van der Waals surface area contributed by atoms with Gasteiger partial charge < -0.3 is 4.48 Å². The van der Waals surface area contributed by atoms with Crippen LogP contribution in [0.2, 0.25) is 0 Å². The van der Waals surface area contributed by atoms with Crippen LogP contribution in [-0.2, 0) is 21.2 Å². The van der Waals surface area contributed by atoms with Gasteiger partial charge in [-0.25, -0.2) is 0 Å². The van der Waals surface area contributed by atoms with Crippen molar-refractivity contribution < 1.29 is 34.0 Å². The summed E-state index contributed by atoms with van der Waals surface area (Å²) in [4.78, 5) is 0. The molecule has 0 unspecified atom stereocenters. The van der Waals surface area contributed by atoms with Crippen molar-refractivity contribution >= 4 is 0 Å². The molecule has 0 aromatic rings. The Morgan fingerprint density at radius 1 is 0.636 bits per heavy atom. The van der Waals surface area contributed by atoms with E-state index in [2.05, 4.69) is 27.7 Å². The Bertz CT molecular complexity index is 286. The molecule has 0 heterocycles. The first kappa shape index (κ1) is 24.3. The van der Waals surface area contributed by atoms with E-state index in [0.29, 0.717) is 0 Å². The summed E-state index contributed by atoms with van der Waals surface area (Å²) in [6.45, 7) is 15.0. The van der Waals surface area contributed by atoms with Gasteiger partial charge in [-0.2, -0.15) is 0 Å². The van der Waals surface area contributed by atoms with E-state index < -0.39 is 13.6 Å². The molecule has 0 aromatic carbocycles. The molecular weight excluding hydrogens is 322 g/mol. The fourth-order valence-electron chi connectivity index (χ4n) is 2.64. The molecule has 0 amide bonds. The normalized spacial score (nSPS) is 11.9. The molecule has 0 rings (SSSR count). The number of nitrogens with zero attached hydrogens (tertiary/aromatic N) is 1. The third-order valence-electron chi connectivity index (χ3n) is 3.94. The van der Waals surface area contributed by atoms with Crippen molar-refractivity contribution in [2.45, 2.75) is 79.1 Å². The zero-order chi connectivity index (χ0) is 17.5. The van der Waals surface area contributed by atoms with Gasteiger partial charge in [-0.05, 0) is 25.7 Å². The van der Waals surface area contributed by atoms with Crippen molar-refractivity contribution in [1.29, 1.82) is 0 Å². The van der Waals surface area contributed by atoms with Crippen LogP contribution in [0.4, 0.5) is 0 Å². The van der Waals surface area contributed by atoms with E-state index in [0.717, 1.165) is 0 Å². The van der Waals surface area contributed by atoms with Crippen LogP contribution in [-0.4, -0.2) is 39.0 Å². The molecule has 136 valence electrons. The average Bonchev–Trinajstić information content (AvgIpc) is 2.44. The van der Waals surface area contributed by atoms with E-state index in [9.17, 15) is 0 Å². The molecule has 0 saturated heterocycles. The first-order chi connectivity index (χ1) is 10.2. The second kappa shape index (κ2) is 14.6. The second-order valence-corrected chi connectivity index (χ2v) is 7.50. The van der Waals surface area contributed by atoms with E-state index >= 15 is 0 Å². The molecule has 0 radical (unpaired) electrons. The summed E-state index contributed by atoms with van der Waals surface area (Å²) in [5.74, 6) is 0. The van der Waals surface area contributed by atoms with Crippen LogP contribution >= 0.6 is 0 Å². The molecule has 0 spiro atoms. The number of quaternary nitrogens is 1. The van der Waals surface area contributed by atoms with E-state index in [4.69, 9.17) is 15.9 Å². The zero-order valence-corrected chi connectivity index (χ0v) is 16.3. The Hall–Kier alpha value is 0.0125. The third kappa shape index (κ3) is 18.1. The van der Waals surface area contributed by atoms with Crippen molar-refractivity contribution in [3.63, 3.8) is 0 Å². The molecule has 6 heteroatoms. The fourth-order valence-corrected chi connectivity index (χ4v) is 2.64. The Balaban J connectivity index is 0. The molecule has 0 aliphatic carbocycles. The number of rotatable bonds is 12. The van der Waals surface area contributed by atoms with E-state index in [1.807, 2.05) is 0 Å². The van der Waals surface area contributed by atoms with E-state index in [-0.39, 0.29) is 0 Å². The maximum atomic E-state index is 8.82. The van der Waals surface area contributed by atoms with Gasteiger partial charge >= 0.3 is 29.5 Å². The van der Waals surface area contributed by atoms with Gasteiger partial charge in [0.15, 0.2) is 0 Å². The van der Waals surface area contributed by atoms with Gasteiger partial charge in [0, 0.05) is 0 Å². The molecule has 22 heavy (non-hydrogen) atoms. The predicted molar refractivity (Wildman–Crippen MR) is 85.2 cm³/mol. The van der Waals surface area contributed by atoms with E-state index in [1.54, 1.807) is 0 Å². The molecule has 5 nitrogen and oxygen atoms in total. The maximum absolute atomic E-state index is 8.82. The van der Waals surface area contributed by atoms with Crippen LogP contribution in [0.15, 0.2) is 0 Å². The SMILES string of the molecule is CCCC[N+](CCCC)(CCCC)CCCC.[O]=[Cr](=[O])([OH])[OH]. The summed E-state index contributed by atoms with van der Waals surface area (Å²) in [6, 6.07) is 0. The molecular formula is C16H38CrNO4+. The topological polar surface area (TPSA) is 74.6 Å². The number of hydrogen-bond donors (Lipinski definition) is 2. The number of unbranched alkanes of at least 4 members (excludes halogenated alkanes) is 4. The molecule has 2 N–H and O–H groups in total. The van der Waals surface area contributed by atoms with Gasteiger partial charge in [0.2, 0.25) is 0 Å². The van der Waals surface area contributed by atoms with Crippen LogP contribution < -0.4 is 0 Å². The summed E-state index contributed by atoms with van der Waals surface area (Å²) in [5, 5.41) is 0. The van der Waals surface area contributed by atoms with Crippen molar-refractivity contribution in [2.75, 3.05) is 26.2 Å². The quantitative estimate of drug-likeness (QED) is 0.521. The third-order valence-corrected chi connectivity index (χ3v) is 3.94. The predicted octanol–water partition coefficient (Wildman–Crippen LogP) is 3.65.